The first-order chi connectivity index (χ1) is 8.94. The van der Waals surface area contributed by atoms with Crippen LogP contribution in [0.5, 0.6) is 5.75 Å². The summed E-state index contributed by atoms with van der Waals surface area (Å²) in [6.07, 6.45) is 3.17. The molecule has 4 heteroatoms. The molecule has 1 N–H and O–H groups in total. The average molecular weight is 283 g/mol. The van der Waals surface area contributed by atoms with Gasteiger partial charge in [-0.3, -0.25) is 4.79 Å². The summed E-state index contributed by atoms with van der Waals surface area (Å²) >= 11 is 6.30. The molecule has 0 radical (unpaired) electrons. The van der Waals surface area contributed by atoms with E-state index in [4.69, 9.17) is 16.3 Å². The normalized spacial score (nSPS) is 17.5. The van der Waals surface area contributed by atoms with E-state index in [9.17, 15) is 9.90 Å². The molecule has 2 rings (SSSR count). The van der Waals surface area contributed by atoms with Crippen molar-refractivity contribution in [3.8, 4) is 5.75 Å². The number of rotatable bonds is 3. The minimum Gasteiger partial charge on any atom is -0.495 e. The van der Waals surface area contributed by atoms with Crippen molar-refractivity contribution in [3.63, 3.8) is 0 Å². The maximum atomic E-state index is 11.8. The third-order valence-electron chi connectivity index (χ3n) is 4.15. The topological polar surface area (TPSA) is 46.5 Å². The molecule has 0 aliphatic heterocycles. The lowest BCUT2D eigenvalue weighted by atomic mass is 9.76. The lowest BCUT2D eigenvalue weighted by Gasteiger charge is -2.29. The van der Waals surface area contributed by atoms with Crippen molar-refractivity contribution in [1.82, 2.24) is 0 Å². The molecule has 0 spiro atoms. The van der Waals surface area contributed by atoms with Crippen LogP contribution in [-0.4, -0.2) is 18.2 Å². The van der Waals surface area contributed by atoms with Crippen LogP contribution in [0.25, 0.3) is 0 Å². The number of halogens is 1. The van der Waals surface area contributed by atoms with Gasteiger partial charge in [-0.25, -0.2) is 0 Å². The van der Waals surface area contributed by atoms with Gasteiger partial charge >= 0.3 is 5.97 Å². The van der Waals surface area contributed by atoms with Gasteiger partial charge in [0.25, 0.3) is 0 Å². The number of carboxylic acid groups (broad SMARTS) is 1. The molecule has 1 saturated carbocycles. The van der Waals surface area contributed by atoms with E-state index in [1.54, 1.807) is 7.11 Å². The predicted octanol–water partition coefficient (Wildman–Crippen LogP) is 3.86. The van der Waals surface area contributed by atoms with Crippen LogP contribution in [0.15, 0.2) is 6.07 Å². The third-order valence-corrected chi connectivity index (χ3v) is 4.62. The molecule has 0 amide bonds. The van der Waals surface area contributed by atoms with Crippen LogP contribution in [-0.2, 0) is 10.2 Å². The van der Waals surface area contributed by atoms with Gasteiger partial charge in [0.15, 0.2) is 0 Å². The standard InChI is InChI=1S/C15H19ClO3/c1-9-8-10(2)12(16)13(19-3)11(9)15(14(17)18)6-4-5-7-15/h8H,4-7H2,1-3H3,(H,17,18). The second kappa shape index (κ2) is 5.04. The van der Waals surface area contributed by atoms with E-state index in [1.165, 1.54) is 0 Å². The number of hydrogen-bond acceptors (Lipinski definition) is 2. The van der Waals surface area contributed by atoms with Gasteiger partial charge in [-0.05, 0) is 37.8 Å². The number of hydrogen-bond donors (Lipinski definition) is 1. The Kier molecular flexibility index (Phi) is 3.77. The van der Waals surface area contributed by atoms with E-state index in [2.05, 4.69) is 0 Å². The molecule has 0 atom stereocenters. The summed E-state index contributed by atoms with van der Waals surface area (Å²) in [4.78, 5) is 11.8. The first-order valence-corrected chi connectivity index (χ1v) is 6.89. The molecule has 1 fully saturated rings. The Balaban J connectivity index is 2.73. The highest BCUT2D eigenvalue weighted by molar-refractivity contribution is 6.33. The molecule has 0 heterocycles. The largest absolute Gasteiger partial charge is 0.495 e. The molecule has 0 unspecified atom stereocenters. The van der Waals surface area contributed by atoms with E-state index in [0.717, 1.165) is 29.5 Å². The number of aryl methyl sites for hydroxylation is 2. The molecule has 1 aliphatic rings. The minimum atomic E-state index is -0.841. The number of methoxy groups -OCH3 is 1. The Hall–Kier alpha value is -1.22. The maximum absolute atomic E-state index is 11.8. The van der Waals surface area contributed by atoms with Gasteiger partial charge in [-0.2, -0.15) is 0 Å². The van der Waals surface area contributed by atoms with Crippen molar-refractivity contribution in [2.24, 2.45) is 0 Å². The lowest BCUT2D eigenvalue weighted by Crippen LogP contribution is -2.34. The minimum absolute atomic E-state index is 0.524. The van der Waals surface area contributed by atoms with Crippen molar-refractivity contribution in [2.75, 3.05) is 7.11 Å². The molecular weight excluding hydrogens is 264 g/mol. The SMILES string of the molecule is COc1c(Cl)c(C)cc(C)c1C1(C(=O)O)CCCC1. The van der Waals surface area contributed by atoms with Crippen molar-refractivity contribution < 1.29 is 14.6 Å². The summed E-state index contributed by atoms with van der Waals surface area (Å²) < 4.78 is 5.43. The molecule has 0 aromatic heterocycles. The monoisotopic (exact) mass is 282 g/mol. The number of ether oxygens (including phenoxy) is 1. The van der Waals surface area contributed by atoms with Gasteiger partial charge in [0.2, 0.25) is 0 Å². The molecule has 1 aromatic carbocycles. The predicted molar refractivity (Wildman–Crippen MR) is 75.3 cm³/mol. The molecule has 104 valence electrons. The Morgan fingerprint density at radius 2 is 1.89 bits per heavy atom. The van der Waals surface area contributed by atoms with Crippen molar-refractivity contribution in [3.05, 3.63) is 27.8 Å². The Morgan fingerprint density at radius 3 is 2.37 bits per heavy atom. The molecular formula is C15H19ClO3. The first kappa shape index (κ1) is 14.2. The highest BCUT2D eigenvalue weighted by Crippen LogP contribution is 2.49. The number of benzene rings is 1. The first-order valence-electron chi connectivity index (χ1n) is 6.51. The summed E-state index contributed by atoms with van der Waals surface area (Å²) in [6.45, 7) is 3.84. The fourth-order valence-electron chi connectivity index (χ4n) is 3.26. The van der Waals surface area contributed by atoms with Crippen molar-refractivity contribution >= 4 is 17.6 Å². The number of carbonyl (C=O) groups is 1. The zero-order valence-corrected chi connectivity index (χ0v) is 12.3. The second-order valence-corrected chi connectivity index (χ2v) is 5.70. The highest BCUT2D eigenvalue weighted by Gasteiger charge is 2.46. The van der Waals surface area contributed by atoms with Gasteiger partial charge in [-0.15, -0.1) is 0 Å². The van der Waals surface area contributed by atoms with Crippen LogP contribution in [0.2, 0.25) is 5.02 Å². The van der Waals surface area contributed by atoms with E-state index in [-0.39, 0.29) is 0 Å². The van der Waals surface area contributed by atoms with Crippen LogP contribution >= 0.6 is 11.6 Å². The van der Waals surface area contributed by atoms with E-state index in [0.29, 0.717) is 23.6 Å². The van der Waals surface area contributed by atoms with E-state index >= 15 is 0 Å². The molecule has 19 heavy (non-hydrogen) atoms. The van der Waals surface area contributed by atoms with E-state index in [1.807, 2.05) is 19.9 Å². The summed E-state index contributed by atoms with van der Waals surface area (Å²) in [5, 5.41) is 10.2. The quantitative estimate of drug-likeness (QED) is 0.916. The smallest absolute Gasteiger partial charge is 0.314 e. The highest BCUT2D eigenvalue weighted by atomic mass is 35.5. The number of aliphatic carboxylic acids is 1. The van der Waals surface area contributed by atoms with Gasteiger partial charge in [-0.1, -0.05) is 30.5 Å². The van der Waals surface area contributed by atoms with Gasteiger partial charge in [0.1, 0.15) is 5.75 Å². The number of carboxylic acids is 1. The summed E-state index contributed by atoms with van der Waals surface area (Å²) in [7, 11) is 1.55. The lowest BCUT2D eigenvalue weighted by molar-refractivity contribution is -0.143. The summed E-state index contributed by atoms with van der Waals surface area (Å²) in [5.41, 5.74) is 1.78. The molecule has 0 bridgehead atoms. The second-order valence-electron chi connectivity index (χ2n) is 5.33. The van der Waals surface area contributed by atoms with Crippen LogP contribution in [0.1, 0.15) is 42.4 Å². The Bertz CT molecular complexity index is 517. The van der Waals surface area contributed by atoms with E-state index < -0.39 is 11.4 Å². The van der Waals surface area contributed by atoms with Gasteiger partial charge in [0, 0.05) is 5.56 Å². The fraction of sp³-hybridized carbons (Fsp3) is 0.533. The van der Waals surface area contributed by atoms with Crippen molar-refractivity contribution in [2.45, 2.75) is 44.9 Å². The van der Waals surface area contributed by atoms with Crippen LogP contribution in [0.4, 0.5) is 0 Å². The fourth-order valence-corrected chi connectivity index (χ4v) is 3.49. The summed E-state index contributed by atoms with van der Waals surface area (Å²) in [6, 6.07) is 1.95. The molecule has 0 saturated heterocycles. The Morgan fingerprint density at radius 1 is 1.32 bits per heavy atom. The van der Waals surface area contributed by atoms with Crippen LogP contribution in [0.3, 0.4) is 0 Å². The zero-order chi connectivity index (χ0) is 14.2. The van der Waals surface area contributed by atoms with Crippen LogP contribution in [0, 0.1) is 13.8 Å². The maximum Gasteiger partial charge on any atom is 0.314 e. The molecule has 1 aromatic rings. The Labute approximate surface area is 118 Å². The molecule has 1 aliphatic carbocycles. The van der Waals surface area contributed by atoms with Crippen molar-refractivity contribution in [1.29, 1.82) is 0 Å². The zero-order valence-electron chi connectivity index (χ0n) is 11.5. The average Bonchev–Trinajstić information content (AvgIpc) is 2.83. The summed E-state index contributed by atoms with van der Waals surface area (Å²) in [5.74, 6) is -0.241. The van der Waals surface area contributed by atoms with Gasteiger partial charge in [0.05, 0.1) is 17.5 Å². The van der Waals surface area contributed by atoms with Crippen LogP contribution < -0.4 is 4.74 Å². The van der Waals surface area contributed by atoms with Gasteiger partial charge < -0.3 is 9.84 Å². The molecule has 3 nitrogen and oxygen atoms in total. The third kappa shape index (κ3) is 2.10.